The Balaban J connectivity index is 2.32. The van der Waals surface area contributed by atoms with E-state index in [4.69, 9.17) is 17.3 Å². The number of aromatic nitrogens is 2. The number of carboxylic acids is 1. The fourth-order valence-corrected chi connectivity index (χ4v) is 2.03. The van der Waals surface area contributed by atoms with Gasteiger partial charge in [-0.3, -0.25) is 0 Å². The molecular formula is C11H9BrN2O2S. The first-order chi connectivity index (χ1) is 8.06. The molecule has 0 aliphatic rings. The van der Waals surface area contributed by atoms with E-state index >= 15 is 0 Å². The zero-order valence-electron chi connectivity index (χ0n) is 8.66. The number of carboxylic acid groups (broad SMARTS) is 1. The summed E-state index contributed by atoms with van der Waals surface area (Å²) in [6.07, 6.45) is 0.502. The van der Waals surface area contributed by atoms with Crippen LogP contribution in [-0.4, -0.2) is 21.0 Å². The number of benzene rings is 1. The van der Waals surface area contributed by atoms with E-state index in [1.54, 1.807) is 0 Å². The third-order valence-electron chi connectivity index (χ3n) is 2.31. The normalized spacial score (nSPS) is 10.4. The van der Waals surface area contributed by atoms with Crippen LogP contribution in [0.3, 0.4) is 0 Å². The topological polar surface area (TPSA) is 68.9 Å². The number of aromatic amines is 2. The first-order valence-electron chi connectivity index (χ1n) is 4.85. The number of imidazole rings is 1. The van der Waals surface area contributed by atoms with Crippen molar-refractivity contribution in [3.8, 4) is 0 Å². The maximum Gasteiger partial charge on any atom is 0.354 e. The van der Waals surface area contributed by atoms with Gasteiger partial charge in [-0.25, -0.2) is 4.79 Å². The molecule has 0 atom stereocenters. The predicted molar refractivity (Wildman–Crippen MR) is 69.9 cm³/mol. The molecule has 0 amide bonds. The van der Waals surface area contributed by atoms with E-state index < -0.39 is 5.97 Å². The minimum atomic E-state index is -1.01. The highest BCUT2D eigenvalue weighted by Gasteiger charge is 2.13. The Morgan fingerprint density at radius 2 is 1.94 bits per heavy atom. The van der Waals surface area contributed by atoms with Crippen molar-refractivity contribution in [2.75, 3.05) is 0 Å². The fraction of sp³-hybridized carbons (Fsp3) is 0.0909. The van der Waals surface area contributed by atoms with Gasteiger partial charge in [0.2, 0.25) is 0 Å². The fourth-order valence-electron chi connectivity index (χ4n) is 1.54. The van der Waals surface area contributed by atoms with Crippen molar-refractivity contribution >= 4 is 34.1 Å². The molecule has 0 unspecified atom stereocenters. The summed E-state index contributed by atoms with van der Waals surface area (Å²) in [6, 6.07) is 7.69. The smallest absolute Gasteiger partial charge is 0.354 e. The highest BCUT2D eigenvalue weighted by Crippen LogP contribution is 2.15. The first kappa shape index (κ1) is 12.1. The molecule has 0 aliphatic carbocycles. The average molecular weight is 313 g/mol. The van der Waals surface area contributed by atoms with Gasteiger partial charge in [-0.05, 0) is 29.9 Å². The van der Waals surface area contributed by atoms with Crippen molar-refractivity contribution in [2.45, 2.75) is 6.42 Å². The molecule has 0 spiro atoms. The van der Waals surface area contributed by atoms with E-state index in [1.807, 2.05) is 24.3 Å². The molecule has 1 heterocycles. The van der Waals surface area contributed by atoms with Crippen LogP contribution in [0.4, 0.5) is 0 Å². The van der Waals surface area contributed by atoms with Crippen LogP contribution in [0, 0.1) is 4.77 Å². The molecule has 0 fully saturated rings. The van der Waals surface area contributed by atoms with Crippen LogP contribution in [0.2, 0.25) is 0 Å². The monoisotopic (exact) mass is 312 g/mol. The van der Waals surface area contributed by atoms with Crippen LogP contribution in [0.15, 0.2) is 28.7 Å². The molecule has 0 saturated carbocycles. The van der Waals surface area contributed by atoms with Gasteiger partial charge in [-0.1, -0.05) is 28.1 Å². The Labute approximate surface area is 111 Å². The zero-order chi connectivity index (χ0) is 12.4. The zero-order valence-corrected chi connectivity index (χ0v) is 11.1. The van der Waals surface area contributed by atoms with Crippen LogP contribution in [0.1, 0.15) is 21.7 Å². The quantitative estimate of drug-likeness (QED) is 0.763. The Kier molecular flexibility index (Phi) is 3.44. The number of hydrogen-bond donors (Lipinski definition) is 3. The van der Waals surface area contributed by atoms with E-state index in [9.17, 15) is 4.79 Å². The molecule has 17 heavy (non-hydrogen) atoms. The molecule has 1 aromatic heterocycles. The van der Waals surface area contributed by atoms with Gasteiger partial charge >= 0.3 is 5.97 Å². The Hall–Kier alpha value is -1.40. The third kappa shape index (κ3) is 2.83. The second kappa shape index (κ2) is 4.85. The standard InChI is InChI=1S/C11H9BrN2O2S/c12-7-3-1-6(2-4-7)5-8-9(10(15)16)14-11(17)13-8/h1-4H,5H2,(H,15,16)(H2,13,14,17). The van der Waals surface area contributed by atoms with E-state index in [0.29, 0.717) is 16.9 Å². The first-order valence-corrected chi connectivity index (χ1v) is 6.05. The van der Waals surface area contributed by atoms with E-state index in [1.165, 1.54) is 0 Å². The van der Waals surface area contributed by atoms with Crippen LogP contribution in [0.5, 0.6) is 0 Å². The number of hydrogen-bond acceptors (Lipinski definition) is 2. The van der Waals surface area contributed by atoms with E-state index in [-0.39, 0.29) is 5.69 Å². The number of nitrogens with one attached hydrogen (secondary N) is 2. The molecule has 0 radical (unpaired) electrons. The lowest BCUT2D eigenvalue weighted by Gasteiger charge is -2.00. The van der Waals surface area contributed by atoms with Crippen LogP contribution >= 0.6 is 28.1 Å². The van der Waals surface area contributed by atoms with Gasteiger partial charge in [0.15, 0.2) is 4.77 Å². The molecule has 0 saturated heterocycles. The number of H-pyrrole nitrogens is 2. The average Bonchev–Trinajstić information content (AvgIpc) is 2.63. The number of rotatable bonds is 3. The Morgan fingerprint density at radius 1 is 1.29 bits per heavy atom. The summed E-state index contributed by atoms with van der Waals surface area (Å²) in [7, 11) is 0. The van der Waals surface area contributed by atoms with Gasteiger partial charge in [0, 0.05) is 10.9 Å². The van der Waals surface area contributed by atoms with Crippen molar-refractivity contribution in [3.63, 3.8) is 0 Å². The van der Waals surface area contributed by atoms with Gasteiger partial charge in [-0.2, -0.15) is 0 Å². The second-order valence-electron chi connectivity index (χ2n) is 3.54. The van der Waals surface area contributed by atoms with Gasteiger partial charge in [0.1, 0.15) is 5.69 Å². The van der Waals surface area contributed by atoms with Crippen LogP contribution < -0.4 is 0 Å². The summed E-state index contributed by atoms with van der Waals surface area (Å²) in [4.78, 5) is 16.5. The van der Waals surface area contributed by atoms with Crippen molar-refractivity contribution in [3.05, 3.63) is 50.5 Å². The van der Waals surface area contributed by atoms with Gasteiger partial charge in [0.25, 0.3) is 0 Å². The Morgan fingerprint density at radius 3 is 2.53 bits per heavy atom. The predicted octanol–water partition coefficient (Wildman–Crippen LogP) is 3.12. The molecule has 0 aliphatic heterocycles. The molecule has 88 valence electrons. The van der Waals surface area contributed by atoms with Crippen molar-refractivity contribution in [1.82, 2.24) is 9.97 Å². The van der Waals surface area contributed by atoms with Crippen molar-refractivity contribution < 1.29 is 9.90 Å². The Bertz CT molecular complexity index is 601. The summed E-state index contributed by atoms with van der Waals surface area (Å²) in [5.41, 5.74) is 1.73. The highest BCUT2D eigenvalue weighted by atomic mass is 79.9. The largest absolute Gasteiger partial charge is 0.477 e. The summed E-state index contributed by atoms with van der Waals surface area (Å²) in [5, 5.41) is 9.00. The van der Waals surface area contributed by atoms with Gasteiger partial charge in [-0.15, -0.1) is 0 Å². The summed E-state index contributed by atoms with van der Waals surface area (Å²) >= 11 is 8.24. The molecule has 1 aromatic carbocycles. The molecule has 2 rings (SSSR count). The van der Waals surface area contributed by atoms with Crippen molar-refractivity contribution in [1.29, 1.82) is 0 Å². The molecule has 4 nitrogen and oxygen atoms in total. The molecule has 0 bridgehead atoms. The van der Waals surface area contributed by atoms with Gasteiger partial charge < -0.3 is 15.1 Å². The van der Waals surface area contributed by atoms with E-state index in [2.05, 4.69) is 25.9 Å². The number of carbonyl (C=O) groups is 1. The maximum absolute atomic E-state index is 11.0. The lowest BCUT2D eigenvalue weighted by atomic mass is 10.1. The third-order valence-corrected chi connectivity index (χ3v) is 3.05. The summed E-state index contributed by atoms with van der Waals surface area (Å²) in [6.45, 7) is 0. The molecule has 6 heteroatoms. The molecule has 3 N–H and O–H groups in total. The SMILES string of the molecule is O=C(O)c1[nH]c(=S)[nH]c1Cc1ccc(Br)cc1. The highest BCUT2D eigenvalue weighted by molar-refractivity contribution is 9.10. The molecule has 2 aromatic rings. The van der Waals surface area contributed by atoms with Crippen molar-refractivity contribution in [2.24, 2.45) is 0 Å². The minimum absolute atomic E-state index is 0.123. The minimum Gasteiger partial charge on any atom is -0.477 e. The summed E-state index contributed by atoms with van der Waals surface area (Å²) < 4.78 is 1.32. The number of halogens is 1. The van der Waals surface area contributed by atoms with E-state index in [0.717, 1.165) is 10.0 Å². The lowest BCUT2D eigenvalue weighted by Crippen LogP contribution is -2.02. The van der Waals surface area contributed by atoms with Crippen LogP contribution in [-0.2, 0) is 6.42 Å². The summed E-state index contributed by atoms with van der Waals surface area (Å²) in [5.74, 6) is -1.01. The lowest BCUT2D eigenvalue weighted by molar-refractivity contribution is 0.0690. The second-order valence-corrected chi connectivity index (χ2v) is 4.86. The maximum atomic E-state index is 11.0. The van der Waals surface area contributed by atoms with Gasteiger partial charge in [0.05, 0.1) is 5.69 Å². The number of aromatic carboxylic acids is 1. The van der Waals surface area contributed by atoms with Crippen LogP contribution in [0.25, 0.3) is 0 Å². The molecular weight excluding hydrogens is 304 g/mol.